The van der Waals surface area contributed by atoms with Crippen LogP contribution in [0.25, 0.3) is 0 Å². The summed E-state index contributed by atoms with van der Waals surface area (Å²) in [5, 5.41) is 2.89. The summed E-state index contributed by atoms with van der Waals surface area (Å²) in [5.41, 5.74) is 6.92. The van der Waals surface area contributed by atoms with Gasteiger partial charge in [-0.05, 0) is 11.6 Å². The van der Waals surface area contributed by atoms with Gasteiger partial charge in [0, 0.05) is 32.4 Å². The summed E-state index contributed by atoms with van der Waals surface area (Å²) in [4.78, 5) is 11.9. The van der Waals surface area contributed by atoms with E-state index < -0.39 is 0 Å². The van der Waals surface area contributed by atoms with Crippen LogP contribution < -0.4 is 11.1 Å². The first kappa shape index (κ1) is 13.8. The van der Waals surface area contributed by atoms with Crippen LogP contribution >= 0.6 is 0 Å². The molecule has 1 fully saturated rings. The van der Waals surface area contributed by atoms with Crippen LogP contribution in [0.5, 0.6) is 0 Å². The molecule has 1 saturated heterocycles. The Morgan fingerprint density at radius 1 is 1.53 bits per heavy atom. The largest absolute Gasteiger partial charge is 0.398 e. The molecule has 5 heteroatoms. The molecule has 1 aliphatic rings. The molecule has 0 radical (unpaired) electrons. The lowest BCUT2D eigenvalue weighted by molar-refractivity contribution is -0.122. The number of carbonyl (C=O) groups is 1. The predicted octanol–water partition coefficient (Wildman–Crippen LogP) is 0.733. The molecule has 1 aromatic carbocycles. The first-order chi connectivity index (χ1) is 9.15. The van der Waals surface area contributed by atoms with Gasteiger partial charge in [-0.25, -0.2) is 0 Å². The Balaban J connectivity index is 1.86. The monoisotopic (exact) mass is 264 g/mol. The van der Waals surface area contributed by atoms with E-state index in [1.807, 2.05) is 18.2 Å². The van der Waals surface area contributed by atoms with E-state index in [1.54, 1.807) is 13.2 Å². The summed E-state index contributed by atoms with van der Waals surface area (Å²) < 4.78 is 10.8. The standard InChI is InChI=1S/C14H20N2O3/c1-18-14(6-7-19-10-14)9-16-13(17)8-11-4-2-3-5-12(11)15/h2-5H,6-10,15H2,1H3,(H,16,17). The van der Waals surface area contributed by atoms with Crippen molar-refractivity contribution < 1.29 is 14.3 Å². The van der Waals surface area contributed by atoms with Gasteiger partial charge < -0.3 is 20.5 Å². The van der Waals surface area contributed by atoms with Gasteiger partial charge in [-0.1, -0.05) is 18.2 Å². The zero-order valence-electron chi connectivity index (χ0n) is 11.1. The number of nitrogens with one attached hydrogen (secondary N) is 1. The SMILES string of the molecule is COC1(CNC(=O)Cc2ccccc2N)CCOC1. The number of amides is 1. The number of carbonyl (C=O) groups excluding carboxylic acids is 1. The maximum Gasteiger partial charge on any atom is 0.224 e. The highest BCUT2D eigenvalue weighted by Gasteiger charge is 2.35. The van der Waals surface area contributed by atoms with Crippen molar-refractivity contribution in [1.29, 1.82) is 0 Å². The quantitative estimate of drug-likeness (QED) is 0.769. The second-order valence-corrected chi connectivity index (χ2v) is 4.84. The van der Waals surface area contributed by atoms with Gasteiger partial charge in [-0.15, -0.1) is 0 Å². The van der Waals surface area contributed by atoms with Gasteiger partial charge in [0.1, 0.15) is 5.60 Å². The minimum absolute atomic E-state index is 0.0544. The van der Waals surface area contributed by atoms with Gasteiger partial charge in [0.05, 0.1) is 13.0 Å². The van der Waals surface area contributed by atoms with Crippen LogP contribution in [0, 0.1) is 0 Å². The first-order valence-electron chi connectivity index (χ1n) is 6.38. The topological polar surface area (TPSA) is 73.6 Å². The van der Waals surface area contributed by atoms with Crippen LogP contribution in [0.2, 0.25) is 0 Å². The maximum absolute atomic E-state index is 11.9. The fraction of sp³-hybridized carbons (Fsp3) is 0.500. The summed E-state index contributed by atoms with van der Waals surface area (Å²) in [6.45, 7) is 1.67. The molecule has 0 saturated carbocycles. The van der Waals surface area contributed by atoms with E-state index in [0.717, 1.165) is 12.0 Å². The van der Waals surface area contributed by atoms with Crippen molar-refractivity contribution in [1.82, 2.24) is 5.32 Å². The highest BCUT2D eigenvalue weighted by molar-refractivity contribution is 5.80. The number of para-hydroxylation sites is 1. The number of nitrogen functional groups attached to an aromatic ring is 1. The minimum atomic E-state index is -0.377. The van der Waals surface area contributed by atoms with Crippen molar-refractivity contribution >= 4 is 11.6 Å². The maximum atomic E-state index is 11.9. The molecule has 2 rings (SSSR count). The second-order valence-electron chi connectivity index (χ2n) is 4.84. The zero-order chi connectivity index (χ0) is 13.7. The van der Waals surface area contributed by atoms with Crippen molar-refractivity contribution in [3.63, 3.8) is 0 Å². The third-order valence-corrected chi connectivity index (χ3v) is 3.51. The molecule has 3 N–H and O–H groups in total. The van der Waals surface area contributed by atoms with Crippen molar-refractivity contribution in [2.45, 2.75) is 18.4 Å². The molecule has 0 bridgehead atoms. The van der Waals surface area contributed by atoms with E-state index >= 15 is 0 Å². The second kappa shape index (κ2) is 6.04. The summed E-state index contributed by atoms with van der Waals surface area (Å²) in [7, 11) is 1.65. The molecule has 1 aliphatic heterocycles. The number of rotatable bonds is 5. The highest BCUT2D eigenvalue weighted by Crippen LogP contribution is 2.21. The van der Waals surface area contributed by atoms with Crippen LogP contribution in [-0.4, -0.2) is 38.4 Å². The molecule has 1 atom stereocenters. The van der Waals surface area contributed by atoms with Gasteiger partial charge >= 0.3 is 0 Å². The lowest BCUT2D eigenvalue weighted by atomic mass is 10.0. The van der Waals surface area contributed by atoms with Crippen LogP contribution in [0.3, 0.4) is 0 Å². The summed E-state index contributed by atoms with van der Waals surface area (Å²) in [6, 6.07) is 7.39. The average molecular weight is 264 g/mol. The Kier molecular flexibility index (Phi) is 4.39. The molecule has 1 amide bonds. The van der Waals surface area contributed by atoms with E-state index in [0.29, 0.717) is 25.4 Å². The van der Waals surface area contributed by atoms with Crippen molar-refractivity contribution in [3.05, 3.63) is 29.8 Å². The Labute approximate surface area is 113 Å². The van der Waals surface area contributed by atoms with Gasteiger partial charge in [0.15, 0.2) is 0 Å². The number of hydrogen-bond acceptors (Lipinski definition) is 4. The summed E-state index contributed by atoms with van der Waals surface area (Å²) in [6.07, 6.45) is 1.09. The van der Waals surface area contributed by atoms with E-state index in [1.165, 1.54) is 0 Å². The summed E-state index contributed by atoms with van der Waals surface area (Å²) >= 11 is 0. The minimum Gasteiger partial charge on any atom is -0.398 e. The zero-order valence-corrected chi connectivity index (χ0v) is 11.1. The number of nitrogens with two attached hydrogens (primary N) is 1. The van der Waals surface area contributed by atoms with Crippen LogP contribution in [0.4, 0.5) is 5.69 Å². The Hall–Kier alpha value is -1.59. The average Bonchev–Trinajstić information content (AvgIpc) is 2.89. The fourth-order valence-corrected chi connectivity index (χ4v) is 2.15. The van der Waals surface area contributed by atoms with Crippen LogP contribution in [-0.2, 0) is 20.7 Å². The molecule has 19 heavy (non-hydrogen) atoms. The van der Waals surface area contributed by atoms with E-state index in [2.05, 4.69) is 5.32 Å². The van der Waals surface area contributed by atoms with Gasteiger partial charge in [0.2, 0.25) is 5.91 Å². The molecule has 0 aliphatic carbocycles. The molecular formula is C14H20N2O3. The van der Waals surface area contributed by atoms with Crippen molar-refractivity contribution in [2.75, 3.05) is 32.6 Å². The molecule has 0 spiro atoms. The number of methoxy groups -OCH3 is 1. The fourth-order valence-electron chi connectivity index (χ4n) is 2.15. The molecule has 104 valence electrons. The Bertz CT molecular complexity index is 442. The Morgan fingerprint density at radius 3 is 2.95 bits per heavy atom. The number of benzene rings is 1. The summed E-state index contributed by atoms with van der Waals surface area (Å²) in [5.74, 6) is -0.0544. The smallest absolute Gasteiger partial charge is 0.224 e. The Morgan fingerprint density at radius 2 is 2.32 bits per heavy atom. The highest BCUT2D eigenvalue weighted by atomic mass is 16.5. The van der Waals surface area contributed by atoms with Crippen molar-refractivity contribution in [3.8, 4) is 0 Å². The van der Waals surface area contributed by atoms with Crippen molar-refractivity contribution in [2.24, 2.45) is 0 Å². The van der Waals surface area contributed by atoms with Gasteiger partial charge in [-0.2, -0.15) is 0 Å². The predicted molar refractivity (Wildman–Crippen MR) is 72.7 cm³/mol. The molecule has 5 nitrogen and oxygen atoms in total. The first-order valence-corrected chi connectivity index (χ1v) is 6.38. The number of hydrogen-bond donors (Lipinski definition) is 2. The molecule has 0 aromatic heterocycles. The molecular weight excluding hydrogens is 244 g/mol. The van der Waals surface area contributed by atoms with E-state index in [-0.39, 0.29) is 17.9 Å². The number of ether oxygens (including phenoxy) is 2. The van der Waals surface area contributed by atoms with Gasteiger partial charge in [0.25, 0.3) is 0 Å². The van der Waals surface area contributed by atoms with Crippen LogP contribution in [0.15, 0.2) is 24.3 Å². The van der Waals surface area contributed by atoms with E-state index in [9.17, 15) is 4.79 Å². The van der Waals surface area contributed by atoms with Crippen LogP contribution in [0.1, 0.15) is 12.0 Å². The van der Waals surface area contributed by atoms with E-state index in [4.69, 9.17) is 15.2 Å². The third-order valence-electron chi connectivity index (χ3n) is 3.51. The lowest BCUT2D eigenvalue weighted by Crippen LogP contribution is -2.45. The molecule has 1 unspecified atom stereocenters. The normalized spacial score (nSPS) is 22.4. The number of anilines is 1. The lowest BCUT2D eigenvalue weighted by Gasteiger charge is -2.25. The molecule has 1 aromatic rings. The molecule has 1 heterocycles. The third kappa shape index (κ3) is 3.45. The van der Waals surface area contributed by atoms with Gasteiger partial charge in [-0.3, -0.25) is 4.79 Å².